The number of benzene rings is 3. The summed E-state index contributed by atoms with van der Waals surface area (Å²) in [5.74, 6) is -0.673. The Kier molecular flexibility index (Phi) is 4.37. The fourth-order valence-corrected chi connectivity index (χ4v) is 3.51. The third kappa shape index (κ3) is 3.24. The number of nitrogens with zero attached hydrogens (tertiary/aromatic N) is 1. The maximum absolute atomic E-state index is 12.5. The largest absolute Gasteiger partial charge is 0.360 e. The number of para-hydroxylation sites is 1. The molecule has 6 nitrogen and oxygen atoms in total. The van der Waals surface area contributed by atoms with Crippen molar-refractivity contribution in [2.75, 3.05) is 0 Å². The number of hydrogen-bond donors (Lipinski definition) is 2. The lowest BCUT2D eigenvalue weighted by molar-refractivity contribution is -0.117. The third-order valence-corrected chi connectivity index (χ3v) is 5.06. The molecule has 2 aromatic heterocycles. The molecule has 0 spiro atoms. The van der Waals surface area contributed by atoms with E-state index in [4.69, 9.17) is 4.52 Å². The van der Waals surface area contributed by atoms with Crippen molar-refractivity contribution in [3.8, 4) is 11.3 Å². The predicted molar refractivity (Wildman–Crippen MR) is 114 cm³/mol. The first kappa shape index (κ1) is 17.9. The molecule has 0 saturated carbocycles. The number of nitrogens with one attached hydrogen (secondary N) is 2. The van der Waals surface area contributed by atoms with Crippen molar-refractivity contribution < 1.29 is 14.1 Å². The fourth-order valence-electron chi connectivity index (χ4n) is 3.51. The Bertz CT molecular complexity index is 1400. The first-order chi connectivity index (χ1) is 14.7. The lowest BCUT2D eigenvalue weighted by atomic mass is 10.1. The number of H-pyrrole nitrogens is 1. The summed E-state index contributed by atoms with van der Waals surface area (Å²) < 4.78 is 5.43. The highest BCUT2D eigenvalue weighted by atomic mass is 16.5. The molecule has 0 aliphatic rings. The molecule has 5 rings (SSSR count). The van der Waals surface area contributed by atoms with Gasteiger partial charge in [-0.15, -0.1) is 0 Å². The van der Waals surface area contributed by atoms with Crippen molar-refractivity contribution in [3.63, 3.8) is 0 Å². The van der Waals surface area contributed by atoms with Crippen LogP contribution in [0.5, 0.6) is 0 Å². The van der Waals surface area contributed by atoms with Gasteiger partial charge >= 0.3 is 0 Å². The normalized spacial score (nSPS) is 11.1. The van der Waals surface area contributed by atoms with Crippen LogP contribution < -0.4 is 5.32 Å². The standard InChI is InChI=1S/C24H17N3O3/c28-23(20-14-25-21-8-4-3-7-19(20)21)24(29)26-13-18-12-22(30-27-18)17-10-9-15-5-1-2-6-16(15)11-17/h1-12,14,25H,13H2,(H,26,29). The van der Waals surface area contributed by atoms with E-state index in [9.17, 15) is 9.59 Å². The second-order valence-electron chi connectivity index (χ2n) is 7.00. The van der Waals surface area contributed by atoms with Crippen LogP contribution >= 0.6 is 0 Å². The Morgan fingerprint density at radius 3 is 2.63 bits per heavy atom. The molecule has 146 valence electrons. The van der Waals surface area contributed by atoms with E-state index in [1.807, 2.05) is 60.7 Å². The van der Waals surface area contributed by atoms with Crippen LogP contribution in [0.25, 0.3) is 33.0 Å². The second-order valence-corrected chi connectivity index (χ2v) is 7.00. The summed E-state index contributed by atoms with van der Waals surface area (Å²) in [6.45, 7) is 0.101. The summed E-state index contributed by atoms with van der Waals surface area (Å²) in [7, 11) is 0. The van der Waals surface area contributed by atoms with Gasteiger partial charge in [0.15, 0.2) is 5.76 Å². The van der Waals surface area contributed by atoms with Gasteiger partial charge in [-0.2, -0.15) is 0 Å². The summed E-state index contributed by atoms with van der Waals surface area (Å²) in [5, 5.41) is 9.60. The highest BCUT2D eigenvalue weighted by Gasteiger charge is 2.20. The van der Waals surface area contributed by atoms with Crippen molar-refractivity contribution in [2.24, 2.45) is 0 Å². The van der Waals surface area contributed by atoms with Crippen LogP contribution in [0.1, 0.15) is 16.1 Å². The van der Waals surface area contributed by atoms with Crippen LogP contribution in [-0.2, 0) is 11.3 Å². The van der Waals surface area contributed by atoms with E-state index in [1.54, 1.807) is 18.3 Å². The average Bonchev–Trinajstić information content (AvgIpc) is 3.44. The average molecular weight is 395 g/mol. The van der Waals surface area contributed by atoms with Crippen molar-refractivity contribution in [2.45, 2.75) is 6.54 Å². The van der Waals surface area contributed by atoms with Crippen LogP contribution in [0.3, 0.4) is 0 Å². The Balaban J connectivity index is 1.29. The zero-order chi connectivity index (χ0) is 20.5. The molecule has 5 aromatic rings. The SMILES string of the molecule is O=C(NCc1cc(-c2ccc3ccccc3c2)on1)C(=O)c1c[nH]c2ccccc12. The third-order valence-electron chi connectivity index (χ3n) is 5.06. The van der Waals surface area contributed by atoms with Gasteiger partial charge in [0.1, 0.15) is 5.69 Å². The summed E-state index contributed by atoms with van der Waals surface area (Å²) in [5.41, 5.74) is 2.59. The number of ketones is 1. The van der Waals surface area contributed by atoms with Crippen LogP contribution in [0.4, 0.5) is 0 Å². The second kappa shape index (κ2) is 7.33. The van der Waals surface area contributed by atoms with Crippen molar-refractivity contribution in [1.82, 2.24) is 15.5 Å². The Hall–Kier alpha value is -4.19. The maximum Gasteiger partial charge on any atom is 0.292 e. The number of carbonyl (C=O) groups is 2. The molecular formula is C24H17N3O3. The van der Waals surface area contributed by atoms with E-state index < -0.39 is 11.7 Å². The summed E-state index contributed by atoms with van der Waals surface area (Å²) in [6, 6.07) is 23.2. The number of aromatic amines is 1. The maximum atomic E-state index is 12.5. The number of amides is 1. The number of Topliss-reactive ketones (excluding diaryl/α,β-unsaturated/α-hetero) is 1. The summed E-state index contributed by atoms with van der Waals surface area (Å²) in [4.78, 5) is 27.9. The Morgan fingerprint density at radius 2 is 1.73 bits per heavy atom. The van der Waals surface area contributed by atoms with E-state index in [1.165, 1.54) is 0 Å². The first-order valence-electron chi connectivity index (χ1n) is 9.52. The predicted octanol–water partition coefficient (Wildman–Crippen LogP) is 4.48. The molecule has 0 aliphatic heterocycles. The van der Waals surface area contributed by atoms with E-state index in [0.29, 0.717) is 17.0 Å². The number of hydrogen-bond acceptors (Lipinski definition) is 4. The van der Waals surface area contributed by atoms with E-state index in [2.05, 4.69) is 15.5 Å². The topological polar surface area (TPSA) is 88.0 Å². The van der Waals surface area contributed by atoms with Crippen molar-refractivity contribution >= 4 is 33.4 Å². The van der Waals surface area contributed by atoms with Crippen LogP contribution in [0, 0.1) is 0 Å². The van der Waals surface area contributed by atoms with Crippen LogP contribution in [0.2, 0.25) is 0 Å². The Morgan fingerprint density at radius 1 is 0.933 bits per heavy atom. The molecular weight excluding hydrogens is 378 g/mol. The van der Waals surface area contributed by atoms with Crippen LogP contribution in [-0.4, -0.2) is 21.8 Å². The first-order valence-corrected chi connectivity index (χ1v) is 9.52. The highest BCUT2D eigenvalue weighted by Crippen LogP contribution is 2.25. The number of aromatic nitrogens is 2. The molecule has 0 bridgehead atoms. The molecule has 0 fully saturated rings. The minimum atomic E-state index is -0.685. The molecule has 0 unspecified atom stereocenters. The lowest BCUT2D eigenvalue weighted by Crippen LogP contribution is -2.30. The molecule has 2 heterocycles. The zero-order valence-electron chi connectivity index (χ0n) is 15.9. The van der Waals surface area contributed by atoms with Crippen LogP contribution in [0.15, 0.2) is 83.5 Å². The number of carbonyl (C=O) groups excluding carboxylic acids is 2. The van der Waals surface area contributed by atoms with E-state index in [-0.39, 0.29) is 6.54 Å². The number of rotatable bonds is 5. The van der Waals surface area contributed by atoms with Gasteiger partial charge < -0.3 is 14.8 Å². The molecule has 3 aromatic carbocycles. The van der Waals surface area contributed by atoms with E-state index >= 15 is 0 Å². The van der Waals surface area contributed by atoms with E-state index in [0.717, 1.165) is 27.2 Å². The summed E-state index contributed by atoms with van der Waals surface area (Å²) >= 11 is 0. The van der Waals surface area contributed by atoms with Gasteiger partial charge in [0, 0.05) is 28.7 Å². The van der Waals surface area contributed by atoms with Crippen molar-refractivity contribution in [1.29, 1.82) is 0 Å². The minimum absolute atomic E-state index is 0.101. The van der Waals surface area contributed by atoms with Gasteiger partial charge in [0.25, 0.3) is 11.7 Å². The van der Waals surface area contributed by atoms with Gasteiger partial charge in [-0.3, -0.25) is 9.59 Å². The van der Waals surface area contributed by atoms with Gasteiger partial charge in [-0.05, 0) is 22.9 Å². The molecule has 0 saturated heterocycles. The van der Waals surface area contributed by atoms with Gasteiger partial charge in [-0.1, -0.05) is 59.8 Å². The highest BCUT2D eigenvalue weighted by molar-refractivity contribution is 6.44. The molecule has 30 heavy (non-hydrogen) atoms. The van der Waals surface area contributed by atoms with Gasteiger partial charge in [0.05, 0.1) is 12.1 Å². The molecule has 6 heteroatoms. The minimum Gasteiger partial charge on any atom is -0.360 e. The van der Waals surface area contributed by atoms with Crippen molar-refractivity contribution in [3.05, 3.63) is 90.3 Å². The molecule has 0 radical (unpaired) electrons. The quantitative estimate of drug-likeness (QED) is 0.339. The monoisotopic (exact) mass is 395 g/mol. The zero-order valence-corrected chi connectivity index (χ0v) is 15.9. The Labute approximate surface area is 171 Å². The molecule has 1 amide bonds. The fraction of sp³-hybridized carbons (Fsp3) is 0.0417. The molecule has 0 aliphatic carbocycles. The lowest BCUT2D eigenvalue weighted by Gasteiger charge is -2.01. The summed E-state index contributed by atoms with van der Waals surface area (Å²) in [6.07, 6.45) is 1.56. The molecule has 2 N–H and O–H groups in total. The van der Waals surface area contributed by atoms with Gasteiger partial charge in [0.2, 0.25) is 0 Å². The smallest absolute Gasteiger partial charge is 0.292 e. The molecule has 0 atom stereocenters. The van der Waals surface area contributed by atoms with Gasteiger partial charge in [-0.25, -0.2) is 0 Å². The number of fused-ring (bicyclic) bond motifs is 2.